The molecule has 0 radical (unpaired) electrons. The molecule has 8 heteroatoms. The molecule has 3 aliphatic heterocycles. The number of rotatable bonds is 3. The van der Waals surface area contributed by atoms with Crippen LogP contribution in [0.1, 0.15) is 51.5 Å². The van der Waals surface area contributed by atoms with Crippen LogP contribution in [0.25, 0.3) is 0 Å². The van der Waals surface area contributed by atoms with E-state index in [1.165, 1.54) is 6.07 Å². The van der Waals surface area contributed by atoms with Crippen LogP contribution in [0.4, 0.5) is 10.1 Å². The Morgan fingerprint density at radius 1 is 1.16 bits per heavy atom. The van der Waals surface area contributed by atoms with Gasteiger partial charge in [0.25, 0.3) is 5.91 Å². The van der Waals surface area contributed by atoms with Crippen LogP contribution in [0.2, 0.25) is 0 Å². The van der Waals surface area contributed by atoms with E-state index in [9.17, 15) is 14.0 Å². The highest BCUT2D eigenvalue weighted by molar-refractivity contribution is 6.00. The summed E-state index contributed by atoms with van der Waals surface area (Å²) in [6, 6.07) is 4.46. The van der Waals surface area contributed by atoms with Crippen molar-refractivity contribution in [2.75, 3.05) is 4.90 Å². The van der Waals surface area contributed by atoms with Crippen LogP contribution in [-0.4, -0.2) is 41.9 Å². The molecule has 7 nitrogen and oxygen atoms in total. The van der Waals surface area contributed by atoms with Crippen molar-refractivity contribution in [1.29, 1.82) is 0 Å². The van der Waals surface area contributed by atoms with Gasteiger partial charge in [-0.05, 0) is 69.2 Å². The minimum Gasteiger partial charge on any atom is -0.344 e. The van der Waals surface area contributed by atoms with Crippen molar-refractivity contribution in [3.63, 3.8) is 0 Å². The van der Waals surface area contributed by atoms with Gasteiger partial charge in [-0.1, -0.05) is 6.07 Å². The van der Waals surface area contributed by atoms with Crippen molar-refractivity contribution < 1.29 is 23.5 Å². The standard InChI is InChI=1S/C24H26FN3O4/c1-24(2)31-20-15-11-19(21(20)32-24)28(23(15)30)18-10-12(7-8-16(18)25)9-17-13-5-3-4-6-14(13)22(29)27-26-17/h7-8,10,15,17,19-21H,3-6,9,11H2,1-2H3/t15-,17?,19+,20+,21-/m0/s1. The molecule has 0 spiro atoms. The van der Waals surface area contributed by atoms with Crippen molar-refractivity contribution >= 4 is 17.5 Å². The van der Waals surface area contributed by atoms with Gasteiger partial charge in [-0.2, -0.15) is 5.11 Å². The number of carbonyl (C=O) groups excluding carboxylic acids is 2. The average Bonchev–Trinajstić information content (AvgIpc) is 3.38. The van der Waals surface area contributed by atoms with Gasteiger partial charge < -0.3 is 14.4 Å². The van der Waals surface area contributed by atoms with E-state index in [1.807, 2.05) is 13.8 Å². The Morgan fingerprint density at radius 3 is 2.78 bits per heavy atom. The summed E-state index contributed by atoms with van der Waals surface area (Å²) in [6.07, 6.45) is 4.28. The monoisotopic (exact) mass is 439 g/mol. The van der Waals surface area contributed by atoms with Gasteiger partial charge in [0, 0.05) is 12.0 Å². The van der Waals surface area contributed by atoms with E-state index in [4.69, 9.17) is 9.47 Å². The second kappa shape index (κ2) is 7.02. The summed E-state index contributed by atoms with van der Waals surface area (Å²) < 4.78 is 27.0. The average molecular weight is 439 g/mol. The normalized spacial score (nSPS) is 35.0. The first-order valence-corrected chi connectivity index (χ1v) is 11.5. The second-order valence-corrected chi connectivity index (χ2v) is 9.92. The minimum absolute atomic E-state index is 0.103. The fourth-order valence-corrected chi connectivity index (χ4v) is 6.14. The fourth-order valence-electron chi connectivity index (χ4n) is 6.14. The lowest BCUT2D eigenvalue weighted by atomic mass is 9.84. The SMILES string of the molecule is CC1(C)O[C@@H]2[C@H](O1)[C@@H]1C[C@H]2N(c2cc(CC3N=NC(=O)C4=C3CCCC4)ccc2F)C1=O. The third kappa shape index (κ3) is 2.99. The fraction of sp³-hybridized carbons (Fsp3) is 0.583. The van der Waals surface area contributed by atoms with Crippen LogP contribution in [0, 0.1) is 11.7 Å². The maximum atomic E-state index is 15.0. The van der Waals surface area contributed by atoms with Crippen molar-refractivity contribution in [3.8, 4) is 0 Å². The Kier molecular flexibility index (Phi) is 4.43. The molecule has 2 amide bonds. The number of piperidine rings is 1. The number of halogens is 1. The van der Waals surface area contributed by atoms with Crippen molar-refractivity contribution in [2.24, 2.45) is 16.1 Å². The van der Waals surface area contributed by atoms with E-state index < -0.39 is 11.6 Å². The Bertz CT molecular complexity index is 1080. The van der Waals surface area contributed by atoms with Crippen LogP contribution < -0.4 is 4.90 Å². The van der Waals surface area contributed by atoms with Crippen LogP contribution in [0.3, 0.4) is 0 Å². The molecular weight excluding hydrogens is 413 g/mol. The number of ether oxygens (including phenoxy) is 2. The molecule has 32 heavy (non-hydrogen) atoms. The molecule has 0 aromatic heterocycles. The lowest BCUT2D eigenvalue weighted by Gasteiger charge is -2.33. The third-order valence-electron chi connectivity index (χ3n) is 7.48. The number of nitrogens with zero attached hydrogens (tertiary/aromatic N) is 3. The summed E-state index contributed by atoms with van der Waals surface area (Å²) in [7, 11) is 0. The van der Waals surface area contributed by atoms with Crippen LogP contribution in [-0.2, 0) is 25.5 Å². The number of fused-ring (bicyclic) bond motifs is 5. The van der Waals surface area contributed by atoms with E-state index in [2.05, 4.69) is 10.2 Å². The number of benzene rings is 1. The molecule has 2 bridgehead atoms. The van der Waals surface area contributed by atoms with Crippen molar-refractivity contribution in [2.45, 2.75) is 82.5 Å². The lowest BCUT2D eigenvalue weighted by Crippen LogP contribution is -2.50. The van der Waals surface area contributed by atoms with Gasteiger partial charge in [0.1, 0.15) is 18.0 Å². The maximum Gasteiger partial charge on any atom is 0.291 e. The molecule has 5 atom stereocenters. The van der Waals surface area contributed by atoms with Gasteiger partial charge in [0.15, 0.2) is 5.79 Å². The van der Waals surface area contributed by atoms with Crippen LogP contribution in [0.15, 0.2) is 39.6 Å². The predicted octanol–water partition coefficient (Wildman–Crippen LogP) is 3.86. The molecule has 1 saturated carbocycles. The molecule has 1 aromatic carbocycles. The zero-order valence-corrected chi connectivity index (χ0v) is 18.2. The molecular formula is C24H26FN3O4. The third-order valence-corrected chi connectivity index (χ3v) is 7.48. The van der Waals surface area contributed by atoms with Crippen LogP contribution in [0.5, 0.6) is 0 Å². The Labute approximate surface area is 185 Å². The second-order valence-electron chi connectivity index (χ2n) is 9.92. The van der Waals surface area contributed by atoms with Gasteiger partial charge in [0.05, 0.1) is 23.7 Å². The molecule has 3 fully saturated rings. The number of amides is 2. The highest BCUT2D eigenvalue weighted by Gasteiger charge is 2.64. The first-order chi connectivity index (χ1) is 15.3. The molecule has 0 N–H and O–H groups in total. The molecule has 2 aliphatic carbocycles. The summed E-state index contributed by atoms with van der Waals surface area (Å²) in [5.74, 6) is -1.79. The van der Waals surface area contributed by atoms with Gasteiger partial charge in [0.2, 0.25) is 5.91 Å². The zero-order chi connectivity index (χ0) is 22.2. The minimum atomic E-state index is -0.738. The number of carbonyl (C=O) groups is 2. The van der Waals surface area contributed by atoms with E-state index in [1.54, 1.807) is 17.0 Å². The zero-order valence-electron chi connectivity index (χ0n) is 18.2. The summed E-state index contributed by atoms with van der Waals surface area (Å²) in [6.45, 7) is 3.69. The number of hydrogen-bond donors (Lipinski definition) is 0. The first kappa shape index (κ1) is 20.2. The van der Waals surface area contributed by atoms with E-state index in [-0.39, 0.29) is 47.7 Å². The molecule has 1 aromatic rings. The van der Waals surface area contributed by atoms with Crippen molar-refractivity contribution in [3.05, 3.63) is 40.7 Å². The molecule has 6 rings (SSSR count). The molecule has 1 unspecified atom stereocenters. The summed E-state index contributed by atoms with van der Waals surface area (Å²) in [5.41, 5.74) is 3.03. The van der Waals surface area contributed by atoms with E-state index in [0.29, 0.717) is 12.8 Å². The van der Waals surface area contributed by atoms with Gasteiger partial charge >= 0.3 is 0 Å². The van der Waals surface area contributed by atoms with Gasteiger partial charge in [-0.3, -0.25) is 9.59 Å². The van der Waals surface area contributed by atoms with Crippen molar-refractivity contribution in [1.82, 2.24) is 0 Å². The first-order valence-electron chi connectivity index (χ1n) is 11.5. The number of hydrogen-bond acceptors (Lipinski definition) is 5. The Morgan fingerprint density at radius 2 is 1.94 bits per heavy atom. The maximum absolute atomic E-state index is 15.0. The summed E-state index contributed by atoms with van der Waals surface area (Å²) in [4.78, 5) is 26.8. The largest absolute Gasteiger partial charge is 0.344 e. The molecule has 3 heterocycles. The van der Waals surface area contributed by atoms with Crippen LogP contribution >= 0.6 is 0 Å². The molecule has 168 valence electrons. The van der Waals surface area contributed by atoms with Gasteiger partial charge in [-0.15, -0.1) is 5.11 Å². The summed E-state index contributed by atoms with van der Waals surface area (Å²) in [5, 5.41) is 8.12. The van der Waals surface area contributed by atoms with E-state index in [0.717, 1.165) is 42.4 Å². The number of anilines is 1. The Balaban J connectivity index is 1.29. The van der Waals surface area contributed by atoms with Gasteiger partial charge in [-0.25, -0.2) is 4.39 Å². The predicted molar refractivity (Wildman–Crippen MR) is 112 cm³/mol. The molecule has 2 saturated heterocycles. The topological polar surface area (TPSA) is 80.6 Å². The number of azo groups is 1. The van der Waals surface area contributed by atoms with E-state index >= 15 is 0 Å². The molecule has 5 aliphatic rings. The highest BCUT2D eigenvalue weighted by Crippen LogP contribution is 2.50. The quantitative estimate of drug-likeness (QED) is 0.716. The highest BCUT2D eigenvalue weighted by atomic mass is 19.1. The summed E-state index contributed by atoms with van der Waals surface area (Å²) >= 11 is 0. The Hall–Kier alpha value is -2.45. The smallest absolute Gasteiger partial charge is 0.291 e. The lowest BCUT2D eigenvalue weighted by molar-refractivity contribution is -0.155.